The van der Waals surface area contributed by atoms with Gasteiger partial charge in [-0.1, -0.05) is 67.0 Å². The van der Waals surface area contributed by atoms with E-state index in [4.69, 9.17) is 4.74 Å². The van der Waals surface area contributed by atoms with Gasteiger partial charge >= 0.3 is 11.7 Å². The number of aliphatic hydroxyl groups is 1. The van der Waals surface area contributed by atoms with E-state index in [0.29, 0.717) is 29.3 Å². The van der Waals surface area contributed by atoms with E-state index < -0.39 is 23.4 Å². The number of nitrogens with zero attached hydrogens (tertiary/aromatic N) is 3. The van der Waals surface area contributed by atoms with Gasteiger partial charge in [-0.15, -0.1) is 0 Å². The molecule has 0 saturated carbocycles. The van der Waals surface area contributed by atoms with Crippen molar-refractivity contribution >= 4 is 5.97 Å². The van der Waals surface area contributed by atoms with Crippen LogP contribution in [0.25, 0.3) is 22.5 Å². The van der Waals surface area contributed by atoms with Crippen molar-refractivity contribution in [3.05, 3.63) is 92.1 Å². The number of hydrogen-bond donors (Lipinski definition) is 2. The lowest BCUT2D eigenvalue weighted by molar-refractivity contribution is -0.153. The second-order valence-corrected chi connectivity index (χ2v) is 8.86. The van der Waals surface area contributed by atoms with Crippen LogP contribution in [0.15, 0.2) is 62.6 Å². The monoisotopic (exact) mass is 518 g/mol. The number of rotatable bonds is 10. The van der Waals surface area contributed by atoms with Gasteiger partial charge in [-0.25, -0.2) is 14.6 Å². The van der Waals surface area contributed by atoms with Crippen LogP contribution in [0.3, 0.4) is 0 Å². The first kappa shape index (κ1) is 26.7. The Bertz CT molecular complexity index is 1530. The molecule has 1 atom stereocenters. The number of aromatic amines is 1. The van der Waals surface area contributed by atoms with E-state index in [1.54, 1.807) is 13.8 Å². The molecule has 0 amide bonds. The molecular weight excluding hydrogens is 488 g/mol. The van der Waals surface area contributed by atoms with E-state index in [2.05, 4.69) is 26.6 Å². The number of esters is 1. The van der Waals surface area contributed by atoms with Crippen molar-refractivity contribution in [3.63, 3.8) is 0 Å². The van der Waals surface area contributed by atoms with Crippen LogP contribution < -0.4 is 11.3 Å². The summed E-state index contributed by atoms with van der Waals surface area (Å²) < 4.78 is 11.1. The number of unbranched alkanes of at least 4 members (excludes halogenated alkanes) is 1. The summed E-state index contributed by atoms with van der Waals surface area (Å²) in [4.78, 5) is 44.4. The van der Waals surface area contributed by atoms with Gasteiger partial charge in [-0.2, -0.15) is 0 Å². The van der Waals surface area contributed by atoms with Crippen molar-refractivity contribution in [2.24, 2.45) is 0 Å². The largest absolute Gasteiger partial charge is 0.464 e. The number of benzene rings is 2. The van der Waals surface area contributed by atoms with Gasteiger partial charge in [0.2, 0.25) is 0 Å². The van der Waals surface area contributed by atoms with Gasteiger partial charge in [0.05, 0.1) is 24.4 Å². The highest BCUT2D eigenvalue weighted by Gasteiger charge is 2.27. The summed E-state index contributed by atoms with van der Waals surface area (Å²) >= 11 is 0. The molecular formula is C28H30N4O6. The zero-order chi connectivity index (χ0) is 27.2. The molecule has 2 heterocycles. The zero-order valence-electron chi connectivity index (χ0n) is 21.6. The topological polar surface area (TPSA) is 140 Å². The number of hydrogen-bond acceptors (Lipinski definition) is 8. The zero-order valence-corrected chi connectivity index (χ0v) is 21.6. The Balaban J connectivity index is 1.70. The molecule has 0 radical (unpaired) electrons. The number of nitrogens with one attached hydrogen (secondary N) is 1. The van der Waals surface area contributed by atoms with E-state index in [1.165, 1.54) is 4.57 Å². The fraction of sp³-hybridized carbons (Fsp3) is 0.321. The highest BCUT2D eigenvalue weighted by molar-refractivity contribution is 5.80. The number of aromatic nitrogens is 4. The number of aryl methyl sites for hydroxylation is 2. The van der Waals surface area contributed by atoms with E-state index in [9.17, 15) is 19.5 Å². The maximum Gasteiger partial charge on any atom is 0.439 e. The van der Waals surface area contributed by atoms with Crippen molar-refractivity contribution in [2.75, 3.05) is 6.61 Å². The first-order valence-electron chi connectivity index (χ1n) is 12.5. The molecule has 0 spiro atoms. The average Bonchev–Trinajstić information content (AvgIpc) is 3.35. The molecule has 0 bridgehead atoms. The number of carbonyl (C=O) groups excluding carboxylic acids is 1. The SMILES string of the molecule is CCCCc1nc(C)c(C(O)C(=O)OCC)c(=O)n1Cc1ccc(-c2ccccc2-c2noc(=O)[nH]2)cc1. The van der Waals surface area contributed by atoms with Crippen molar-refractivity contribution in [2.45, 2.75) is 52.7 Å². The van der Waals surface area contributed by atoms with Gasteiger partial charge in [0.25, 0.3) is 5.56 Å². The minimum absolute atomic E-state index is 0.0733. The van der Waals surface area contributed by atoms with Crippen LogP contribution in [0.5, 0.6) is 0 Å². The van der Waals surface area contributed by atoms with Crippen LogP contribution in [-0.2, 0) is 22.5 Å². The molecule has 10 heteroatoms. The highest BCUT2D eigenvalue weighted by atomic mass is 16.5. The Hall–Kier alpha value is -4.31. The summed E-state index contributed by atoms with van der Waals surface area (Å²) in [7, 11) is 0. The lowest BCUT2D eigenvalue weighted by Gasteiger charge is -2.18. The summed E-state index contributed by atoms with van der Waals surface area (Å²) in [6, 6.07) is 15.1. The molecule has 38 heavy (non-hydrogen) atoms. The first-order valence-corrected chi connectivity index (χ1v) is 12.5. The summed E-state index contributed by atoms with van der Waals surface area (Å²) in [6.45, 7) is 5.61. The van der Waals surface area contributed by atoms with E-state index >= 15 is 0 Å². The molecule has 0 fully saturated rings. The van der Waals surface area contributed by atoms with Gasteiger partial charge in [0.15, 0.2) is 11.9 Å². The van der Waals surface area contributed by atoms with Crippen LogP contribution in [0.2, 0.25) is 0 Å². The molecule has 2 aromatic heterocycles. The van der Waals surface area contributed by atoms with Gasteiger partial charge in [-0.05, 0) is 37.0 Å². The van der Waals surface area contributed by atoms with Crippen molar-refractivity contribution in [1.29, 1.82) is 0 Å². The highest BCUT2D eigenvalue weighted by Crippen LogP contribution is 2.30. The fourth-order valence-electron chi connectivity index (χ4n) is 4.33. The normalized spacial score (nSPS) is 11.9. The van der Waals surface area contributed by atoms with Gasteiger partial charge in [-0.3, -0.25) is 18.9 Å². The quantitative estimate of drug-likeness (QED) is 0.304. The Labute approximate surface area is 218 Å². The maximum absolute atomic E-state index is 13.5. The molecule has 4 rings (SSSR count). The van der Waals surface area contributed by atoms with Crippen LogP contribution in [0.4, 0.5) is 0 Å². The smallest absolute Gasteiger partial charge is 0.439 e. The lowest BCUT2D eigenvalue weighted by atomic mass is 9.98. The van der Waals surface area contributed by atoms with Crippen LogP contribution in [-0.4, -0.2) is 37.4 Å². The lowest BCUT2D eigenvalue weighted by Crippen LogP contribution is -2.34. The van der Waals surface area contributed by atoms with Crippen molar-refractivity contribution in [1.82, 2.24) is 19.7 Å². The number of ether oxygens (including phenoxy) is 1. The third-order valence-electron chi connectivity index (χ3n) is 6.24. The van der Waals surface area contributed by atoms with Crippen LogP contribution in [0, 0.1) is 6.92 Å². The molecule has 2 N–H and O–H groups in total. The number of aliphatic hydroxyl groups excluding tert-OH is 1. The Morgan fingerprint density at radius 2 is 1.82 bits per heavy atom. The molecule has 0 aliphatic carbocycles. The Morgan fingerprint density at radius 3 is 2.45 bits per heavy atom. The Morgan fingerprint density at radius 1 is 1.11 bits per heavy atom. The molecule has 10 nitrogen and oxygen atoms in total. The van der Waals surface area contributed by atoms with Gasteiger partial charge in [0, 0.05) is 12.0 Å². The first-order chi connectivity index (χ1) is 18.3. The van der Waals surface area contributed by atoms with Crippen LogP contribution in [0.1, 0.15) is 55.4 Å². The second kappa shape index (κ2) is 11.8. The third kappa shape index (κ3) is 5.65. The summed E-state index contributed by atoms with van der Waals surface area (Å²) in [6.07, 6.45) is 0.644. The third-order valence-corrected chi connectivity index (χ3v) is 6.24. The van der Waals surface area contributed by atoms with Crippen molar-refractivity contribution < 1.29 is 19.2 Å². The molecule has 0 aliphatic rings. The molecule has 0 aliphatic heterocycles. The molecule has 0 saturated heterocycles. The predicted molar refractivity (Wildman–Crippen MR) is 141 cm³/mol. The minimum atomic E-state index is -1.71. The minimum Gasteiger partial charge on any atom is -0.464 e. The maximum atomic E-state index is 13.5. The van der Waals surface area contributed by atoms with Crippen molar-refractivity contribution in [3.8, 4) is 22.5 Å². The molecule has 198 valence electrons. The second-order valence-electron chi connectivity index (χ2n) is 8.86. The van der Waals surface area contributed by atoms with Gasteiger partial charge in [0.1, 0.15) is 5.82 Å². The van der Waals surface area contributed by atoms with Gasteiger partial charge < -0.3 is 9.84 Å². The fourth-order valence-corrected chi connectivity index (χ4v) is 4.33. The number of carbonyl (C=O) groups is 1. The van der Waals surface area contributed by atoms with E-state index in [0.717, 1.165) is 29.5 Å². The van der Waals surface area contributed by atoms with E-state index in [1.807, 2.05) is 48.5 Å². The van der Waals surface area contributed by atoms with E-state index in [-0.39, 0.29) is 18.7 Å². The summed E-state index contributed by atoms with van der Waals surface area (Å²) in [5.74, 6) is -0.578. The molecule has 1 unspecified atom stereocenters. The standard InChI is InChI=1S/C28H30N4O6/c1-4-6-11-22-29-17(3)23(24(33)27(35)37-5-2)26(34)32(22)16-18-12-14-19(15-13-18)20-9-7-8-10-21(20)25-30-28(36)38-31-25/h7-10,12-15,24,33H,4-6,11,16H2,1-3H3,(H,30,31,36). The average molecular weight is 519 g/mol. The number of H-pyrrole nitrogens is 1. The van der Waals surface area contributed by atoms with Crippen LogP contribution >= 0.6 is 0 Å². The summed E-state index contributed by atoms with van der Waals surface area (Å²) in [5, 5.41) is 14.4. The Kier molecular flexibility index (Phi) is 8.32. The predicted octanol–water partition coefficient (Wildman–Crippen LogP) is 3.55. The molecule has 4 aromatic rings. The summed E-state index contributed by atoms with van der Waals surface area (Å²) in [5.41, 5.74) is 3.06. The molecule has 2 aromatic carbocycles.